The lowest BCUT2D eigenvalue weighted by Gasteiger charge is -2.37. The van der Waals surface area contributed by atoms with Gasteiger partial charge in [-0.3, -0.25) is 4.90 Å². The molecule has 2 saturated heterocycles. The lowest BCUT2D eigenvalue weighted by molar-refractivity contribution is 0.197. The Morgan fingerprint density at radius 1 is 0.947 bits per heavy atom. The van der Waals surface area contributed by atoms with Crippen molar-refractivity contribution in [2.75, 3.05) is 45.8 Å². The van der Waals surface area contributed by atoms with E-state index in [1.165, 1.54) is 0 Å². The van der Waals surface area contributed by atoms with Crippen LogP contribution >= 0.6 is 12.2 Å². The highest BCUT2D eigenvalue weighted by Crippen LogP contribution is 2.17. The number of nitrogens with two attached hydrogens (primary N) is 1. The molecule has 0 saturated carbocycles. The molecule has 0 radical (unpaired) electrons. The molecule has 2 N–H and O–H groups in total. The van der Waals surface area contributed by atoms with Crippen LogP contribution in [0.5, 0.6) is 0 Å². The van der Waals surface area contributed by atoms with Crippen LogP contribution in [-0.2, 0) is 10.2 Å². The molecule has 0 unspecified atom stereocenters. The van der Waals surface area contributed by atoms with Crippen molar-refractivity contribution in [1.29, 1.82) is 0 Å². The standard InChI is InChI=1S/C11H22N4O2S2/c12-11(18)10-13-6-8-15(9-7-13)19(16,17)14-4-2-1-3-5-14/h1-10H2,(H2,12,18). The predicted octanol–water partition coefficient (Wildman–Crippen LogP) is -0.379. The maximum Gasteiger partial charge on any atom is 0.282 e. The second-order valence-electron chi connectivity index (χ2n) is 5.11. The normalized spacial score (nSPS) is 24.4. The Kier molecular flexibility index (Phi) is 5.13. The van der Waals surface area contributed by atoms with Crippen LogP contribution in [0, 0.1) is 0 Å². The first-order chi connectivity index (χ1) is 9.00. The zero-order valence-electron chi connectivity index (χ0n) is 11.1. The van der Waals surface area contributed by atoms with Crippen LogP contribution in [0.15, 0.2) is 0 Å². The highest BCUT2D eigenvalue weighted by atomic mass is 32.2. The molecule has 0 aliphatic carbocycles. The summed E-state index contributed by atoms with van der Waals surface area (Å²) in [4.78, 5) is 2.57. The first kappa shape index (κ1) is 15.1. The molecule has 0 aromatic rings. The molecule has 6 nitrogen and oxygen atoms in total. The fraction of sp³-hybridized carbons (Fsp3) is 0.909. The van der Waals surface area contributed by atoms with Gasteiger partial charge in [0.25, 0.3) is 10.2 Å². The Hall–Kier alpha value is -0.280. The van der Waals surface area contributed by atoms with Gasteiger partial charge in [-0.1, -0.05) is 18.6 Å². The predicted molar refractivity (Wildman–Crippen MR) is 79.1 cm³/mol. The molecule has 0 aromatic carbocycles. The Balaban J connectivity index is 1.90. The number of hydrogen-bond acceptors (Lipinski definition) is 4. The monoisotopic (exact) mass is 306 g/mol. The third-order valence-electron chi connectivity index (χ3n) is 3.68. The molecule has 2 heterocycles. The van der Waals surface area contributed by atoms with Crippen LogP contribution in [0.25, 0.3) is 0 Å². The number of rotatable bonds is 4. The summed E-state index contributed by atoms with van der Waals surface area (Å²) < 4.78 is 28.1. The van der Waals surface area contributed by atoms with E-state index in [1.54, 1.807) is 8.61 Å². The van der Waals surface area contributed by atoms with Gasteiger partial charge in [0.05, 0.1) is 4.99 Å². The van der Waals surface area contributed by atoms with E-state index in [4.69, 9.17) is 18.0 Å². The van der Waals surface area contributed by atoms with Crippen molar-refractivity contribution in [3.63, 3.8) is 0 Å². The van der Waals surface area contributed by atoms with Crippen LogP contribution in [-0.4, -0.2) is 72.7 Å². The lowest BCUT2D eigenvalue weighted by atomic mass is 10.2. The minimum Gasteiger partial charge on any atom is -0.392 e. The number of piperidine rings is 1. The highest BCUT2D eigenvalue weighted by molar-refractivity contribution is 7.86. The second-order valence-corrected chi connectivity index (χ2v) is 7.56. The summed E-state index contributed by atoms with van der Waals surface area (Å²) in [5.74, 6) is 0. The molecule has 0 bridgehead atoms. The average Bonchev–Trinajstić information content (AvgIpc) is 2.40. The third-order valence-corrected chi connectivity index (χ3v) is 5.84. The molecule has 0 aromatic heterocycles. The van der Waals surface area contributed by atoms with Gasteiger partial charge in [-0.05, 0) is 12.8 Å². The molecular weight excluding hydrogens is 284 g/mol. The molecular formula is C11H22N4O2S2. The smallest absolute Gasteiger partial charge is 0.282 e. The second kappa shape index (κ2) is 6.45. The zero-order chi connectivity index (χ0) is 13.9. The molecule has 2 fully saturated rings. The third kappa shape index (κ3) is 3.85. The Labute approximate surface area is 120 Å². The lowest BCUT2D eigenvalue weighted by Crippen LogP contribution is -2.54. The average molecular weight is 306 g/mol. The van der Waals surface area contributed by atoms with Gasteiger partial charge in [-0.25, -0.2) is 0 Å². The van der Waals surface area contributed by atoms with Gasteiger partial charge >= 0.3 is 0 Å². The van der Waals surface area contributed by atoms with Gasteiger partial charge in [0, 0.05) is 45.8 Å². The largest absolute Gasteiger partial charge is 0.392 e. The molecule has 110 valence electrons. The van der Waals surface area contributed by atoms with Gasteiger partial charge in [0.2, 0.25) is 0 Å². The van der Waals surface area contributed by atoms with Gasteiger partial charge < -0.3 is 5.73 Å². The van der Waals surface area contributed by atoms with E-state index in [0.717, 1.165) is 19.3 Å². The van der Waals surface area contributed by atoms with Crippen molar-refractivity contribution in [2.24, 2.45) is 5.73 Å². The van der Waals surface area contributed by atoms with E-state index in [9.17, 15) is 8.42 Å². The quantitative estimate of drug-likeness (QED) is 0.717. The summed E-state index contributed by atoms with van der Waals surface area (Å²) in [5, 5.41) is 0. The van der Waals surface area contributed by atoms with E-state index in [0.29, 0.717) is 50.8 Å². The molecule has 2 aliphatic rings. The van der Waals surface area contributed by atoms with Gasteiger partial charge in [0.15, 0.2) is 0 Å². The van der Waals surface area contributed by atoms with Gasteiger partial charge in [-0.2, -0.15) is 17.0 Å². The van der Waals surface area contributed by atoms with Crippen molar-refractivity contribution >= 4 is 27.4 Å². The zero-order valence-corrected chi connectivity index (χ0v) is 12.8. The summed E-state index contributed by atoms with van der Waals surface area (Å²) in [6.07, 6.45) is 3.08. The van der Waals surface area contributed by atoms with Crippen molar-refractivity contribution in [1.82, 2.24) is 13.5 Å². The van der Waals surface area contributed by atoms with Crippen molar-refractivity contribution in [3.8, 4) is 0 Å². The van der Waals surface area contributed by atoms with E-state index in [-0.39, 0.29) is 0 Å². The molecule has 2 aliphatic heterocycles. The fourth-order valence-corrected chi connectivity index (χ4v) is 4.45. The maximum absolute atomic E-state index is 12.5. The summed E-state index contributed by atoms with van der Waals surface area (Å²) in [6, 6.07) is 0. The van der Waals surface area contributed by atoms with Crippen LogP contribution < -0.4 is 5.73 Å². The number of hydrogen-bond donors (Lipinski definition) is 1. The van der Waals surface area contributed by atoms with Gasteiger partial charge in [0.1, 0.15) is 0 Å². The minimum atomic E-state index is -3.26. The van der Waals surface area contributed by atoms with Gasteiger partial charge in [-0.15, -0.1) is 0 Å². The van der Waals surface area contributed by atoms with Crippen LogP contribution in [0.1, 0.15) is 19.3 Å². The summed E-state index contributed by atoms with van der Waals surface area (Å²) in [5.41, 5.74) is 5.51. The SMILES string of the molecule is NC(=S)CN1CCN(S(=O)(=O)N2CCCCC2)CC1. The van der Waals surface area contributed by atoms with E-state index >= 15 is 0 Å². The number of nitrogens with zero attached hydrogens (tertiary/aromatic N) is 3. The van der Waals surface area contributed by atoms with E-state index in [1.807, 2.05) is 0 Å². The Morgan fingerprint density at radius 3 is 2.00 bits per heavy atom. The van der Waals surface area contributed by atoms with Crippen LogP contribution in [0.3, 0.4) is 0 Å². The molecule has 0 spiro atoms. The number of thiocarbonyl (C=S) groups is 1. The molecule has 8 heteroatoms. The first-order valence-electron chi connectivity index (χ1n) is 6.76. The summed E-state index contributed by atoms with van der Waals surface area (Å²) in [7, 11) is -3.26. The fourth-order valence-electron chi connectivity index (χ4n) is 2.60. The Bertz CT molecular complexity index is 412. The molecule has 2 rings (SSSR count). The Morgan fingerprint density at radius 2 is 1.47 bits per heavy atom. The summed E-state index contributed by atoms with van der Waals surface area (Å²) in [6.45, 7) is 4.36. The minimum absolute atomic E-state index is 0.465. The van der Waals surface area contributed by atoms with Crippen molar-refractivity contribution in [2.45, 2.75) is 19.3 Å². The highest BCUT2D eigenvalue weighted by Gasteiger charge is 2.32. The van der Waals surface area contributed by atoms with Crippen LogP contribution in [0.4, 0.5) is 0 Å². The van der Waals surface area contributed by atoms with Crippen molar-refractivity contribution in [3.05, 3.63) is 0 Å². The molecule has 19 heavy (non-hydrogen) atoms. The van der Waals surface area contributed by atoms with E-state index < -0.39 is 10.2 Å². The number of piperazine rings is 1. The molecule has 0 atom stereocenters. The molecule has 0 amide bonds. The van der Waals surface area contributed by atoms with Crippen LogP contribution in [0.2, 0.25) is 0 Å². The first-order valence-corrected chi connectivity index (χ1v) is 8.56. The topological polar surface area (TPSA) is 69.9 Å². The summed E-state index contributed by atoms with van der Waals surface area (Å²) >= 11 is 4.88. The maximum atomic E-state index is 12.5. The van der Waals surface area contributed by atoms with E-state index in [2.05, 4.69) is 4.90 Å². The van der Waals surface area contributed by atoms with Crippen molar-refractivity contribution < 1.29 is 8.42 Å².